The molecule has 3 saturated heterocycles. The number of carbonyl (C=O) groups excluding carboxylic acids is 2. The van der Waals surface area contributed by atoms with E-state index in [2.05, 4.69) is 14.8 Å². The zero-order chi connectivity index (χ0) is 33.3. The summed E-state index contributed by atoms with van der Waals surface area (Å²) in [6.07, 6.45) is -5.36. The normalized spacial score (nSPS) is 21.8. The minimum Gasteiger partial charge on any atom is -0.335 e. The Kier molecular flexibility index (Phi) is 9.30. The maximum Gasteiger partial charge on any atom is 0.416 e. The van der Waals surface area contributed by atoms with Gasteiger partial charge in [0.1, 0.15) is 0 Å². The predicted octanol–water partition coefficient (Wildman–Crippen LogP) is 5.48. The summed E-state index contributed by atoms with van der Waals surface area (Å²) in [5.74, 6) is -0.861. The summed E-state index contributed by atoms with van der Waals surface area (Å²) in [5.41, 5.74) is -2.12. The molecule has 0 bridgehead atoms. The Bertz CT molecular complexity index is 1520. The van der Waals surface area contributed by atoms with Gasteiger partial charge in [0.2, 0.25) is 0 Å². The summed E-state index contributed by atoms with van der Waals surface area (Å²) >= 11 is 0. The highest BCUT2D eigenvalue weighted by atomic mass is 19.4. The lowest BCUT2D eigenvalue weighted by Crippen LogP contribution is -2.65. The van der Waals surface area contributed by atoms with Crippen LogP contribution in [0.5, 0.6) is 0 Å². The van der Waals surface area contributed by atoms with Gasteiger partial charge in [-0.2, -0.15) is 26.3 Å². The van der Waals surface area contributed by atoms with Crippen molar-refractivity contribution in [2.45, 2.75) is 49.7 Å². The Morgan fingerprint density at radius 1 is 0.723 bits per heavy atom. The predicted molar refractivity (Wildman–Crippen MR) is 162 cm³/mol. The van der Waals surface area contributed by atoms with Crippen LogP contribution in [0.15, 0.2) is 73.1 Å². The van der Waals surface area contributed by atoms with Gasteiger partial charge in [0.15, 0.2) is 0 Å². The molecule has 3 aliphatic heterocycles. The fraction of sp³-hybridized carbons (Fsp3) is 0.441. The molecule has 2 atom stereocenters. The van der Waals surface area contributed by atoms with Crippen molar-refractivity contribution in [1.82, 2.24) is 24.6 Å². The van der Waals surface area contributed by atoms with Crippen LogP contribution >= 0.6 is 0 Å². The zero-order valence-electron chi connectivity index (χ0n) is 25.6. The Hall–Kier alpha value is -3.97. The minimum absolute atomic E-state index is 0.0292. The number of nitrogens with zero attached hydrogens (tertiary/aromatic N) is 5. The number of likely N-dealkylation sites (tertiary alicyclic amines) is 2. The average molecular weight is 660 g/mol. The topological polar surface area (TPSA) is 60.0 Å². The Labute approximate surface area is 268 Å². The van der Waals surface area contributed by atoms with Crippen LogP contribution < -0.4 is 0 Å². The van der Waals surface area contributed by atoms with Crippen LogP contribution in [-0.4, -0.2) is 100 Å². The van der Waals surface area contributed by atoms with Gasteiger partial charge in [-0.3, -0.25) is 24.4 Å². The highest BCUT2D eigenvalue weighted by molar-refractivity contribution is 5.95. The number of hydrogen-bond acceptors (Lipinski definition) is 5. The van der Waals surface area contributed by atoms with Crippen LogP contribution in [0.3, 0.4) is 0 Å². The van der Waals surface area contributed by atoms with E-state index in [1.165, 1.54) is 4.90 Å². The first-order valence-electron chi connectivity index (χ1n) is 15.7. The van der Waals surface area contributed by atoms with Crippen molar-refractivity contribution in [3.8, 4) is 0 Å². The molecule has 2 unspecified atom stereocenters. The van der Waals surface area contributed by atoms with Crippen molar-refractivity contribution in [3.63, 3.8) is 0 Å². The molecule has 2 aromatic carbocycles. The van der Waals surface area contributed by atoms with Crippen LogP contribution in [0.1, 0.15) is 50.2 Å². The lowest BCUT2D eigenvalue weighted by molar-refractivity contribution is -0.143. The van der Waals surface area contributed by atoms with Crippen LogP contribution in [0, 0.1) is 0 Å². The second-order valence-electron chi connectivity index (χ2n) is 12.5. The standard InChI is InChI=1S/C34H35F6N5O2/c35-33(36,37)26-16-25(17-27(18-26)34(38,39)40)32(47)45-10-8-28(19-29(45)15-23-5-2-1-3-6-23)42-11-13-43(14-12-42)30-21-44(22-30)31(46)24-7-4-9-41-20-24/h1-7,9,16-18,20,28-30H,8,10-15,19,21-22H2. The number of halogens is 6. The van der Waals surface area contributed by atoms with Crippen molar-refractivity contribution in [2.75, 3.05) is 45.8 Å². The molecule has 0 spiro atoms. The average Bonchev–Trinajstić information content (AvgIpc) is 3.04. The monoisotopic (exact) mass is 659 g/mol. The second-order valence-corrected chi connectivity index (χ2v) is 12.5. The van der Waals surface area contributed by atoms with Crippen molar-refractivity contribution < 1.29 is 35.9 Å². The Morgan fingerprint density at radius 3 is 1.91 bits per heavy atom. The quantitative estimate of drug-likeness (QED) is 0.329. The maximum absolute atomic E-state index is 13.7. The van der Waals surface area contributed by atoms with Crippen LogP contribution in [-0.2, 0) is 18.8 Å². The molecule has 3 fully saturated rings. The summed E-state index contributed by atoms with van der Waals surface area (Å²) in [5, 5.41) is 0. The Morgan fingerprint density at radius 2 is 1.34 bits per heavy atom. The van der Waals surface area contributed by atoms with Crippen LogP contribution in [0.4, 0.5) is 26.3 Å². The van der Waals surface area contributed by atoms with E-state index < -0.39 is 41.0 Å². The highest BCUT2D eigenvalue weighted by Crippen LogP contribution is 2.37. The molecule has 13 heteroatoms. The minimum atomic E-state index is -5.04. The Balaban J connectivity index is 1.12. The summed E-state index contributed by atoms with van der Waals surface area (Å²) in [7, 11) is 0. The van der Waals surface area contributed by atoms with Gasteiger partial charge in [0, 0.05) is 81.9 Å². The number of alkyl halides is 6. The van der Waals surface area contributed by atoms with Crippen molar-refractivity contribution in [3.05, 3.63) is 101 Å². The third kappa shape index (κ3) is 7.46. The molecule has 250 valence electrons. The van der Waals surface area contributed by atoms with E-state index in [4.69, 9.17) is 0 Å². The highest BCUT2D eigenvalue weighted by Gasteiger charge is 2.41. The summed E-state index contributed by atoms with van der Waals surface area (Å²) in [4.78, 5) is 38.5. The number of piperidine rings is 1. The second kappa shape index (κ2) is 13.3. The maximum atomic E-state index is 13.7. The van der Waals surface area contributed by atoms with E-state index in [1.807, 2.05) is 35.2 Å². The van der Waals surface area contributed by atoms with Crippen molar-refractivity contribution >= 4 is 11.8 Å². The number of piperazine rings is 1. The lowest BCUT2D eigenvalue weighted by atomic mass is 9.90. The molecule has 3 aliphatic rings. The van der Waals surface area contributed by atoms with Crippen LogP contribution in [0.25, 0.3) is 0 Å². The molecular weight excluding hydrogens is 624 g/mol. The number of pyridine rings is 1. The van der Waals surface area contributed by atoms with Crippen molar-refractivity contribution in [2.24, 2.45) is 0 Å². The van der Waals surface area contributed by atoms with Gasteiger partial charge < -0.3 is 9.80 Å². The van der Waals surface area contributed by atoms with Gasteiger partial charge in [-0.15, -0.1) is 0 Å². The summed E-state index contributed by atoms with van der Waals surface area (Å²) < 4.78 is 81.4. The first-order valence-corrected chi connectivity index (χ1v) is 15.7. The SMILES string of the molecule is O=C(c1cccnc1)N1CC(N2CCN(C3CCN(C(=O)c4cc(C(F)(F)F)cc(C(F)(F)F)c4)C(Cc4ccccc4)C3)CC2)C1. The molecule has 3 aromatic rings. The van der Waals surface area contributed by atoms with Crippen molar-refractivity contribution in [1.29, 1.82) is 0 Å². The van der Waals surface area contributed by atoms with Gasteiger partial charge in [-0.05, 0) is 55.2 Å². The van der Waals surface area contributed by atoms with E-state index in [-0.39, 0.29) is 30.6 Å². The number of rotatable bonds is 6. The van der Waals surface area contributed by atoms with E-state index >= 15 is 0 Å². The molecule has 1 aromatic heterocycles. The summed E-state index contributed by atoms with van der Waals surface area (Å²) in [6, 6.07) is 13.9. The van der Waals surface area contributed by atoms with E-state index in [1.54, 1.807) is 24.5 Å². The van der Waals surface area contributed by atoms with Gasteiger partial charge in [0.05, 0.1) is 16.7 Å². The van der Waals surface area contributed by atoms with Gasteiger partial charge in [0.25, 0.3) is 11.8 Å². The molecule has 47 heavy (non-hydrogen) atoms. The molecule has 0 aliphatic carbocycles. The van der Waals surface area contributed by atoms with E-state index in [0.717, 1.165) is 31.7 Å². The van der Waals surface area contributed by atoms with Gasteiger partial charge in [-0.25, -0.2) is 0 Å². The molecule has 0 N–H and O–H groups in total. The van der Waals surface area contributed by atoms with Gasteiger partial charge in [-0.1, -0.05) is 30.3 Å². The summed E-state index contributed by atoms with van der Waals surface area (Å²) in [6.45, 7) is 4.71. The fourth-order valence-corrected chi connectivity index (χ4v) is 6.94. The number of aromatic nitrogens is 1. The number of carbonyl (C=O) groups is 2. The van der Waals surface area contributed by atoms with E-state index in [9.17, 15) is 35.9 Å². The molecule has 4 heterocycles. The zero-order valence-corrected chi connectivity index (χ0v) is 25.6. The largest absolute Gasteiger partial charge is 0.416 e. The molecule has 7 nitrogen and oxygen atoms in total. The first-order chi connectivity index (χ1) is 22.4. The van der Waals surface area contributed by atoms with E-state index in [0.29, 0.717) is 50.0 Å². The number of amides is 2. The molecular formula is C34H35F6N5O2. The van der Waals surface area contributed by atoms with Crippen LogP contribution in [0.2, 0.25) is 0 Å². The molecule has 0 radical (unpaired) electrons. The third-order valence-electron chi connectivity index (χ3n) is 9.54. The molecule has 2 amide bonds. The molecule has 6 rings (SSSR count). The third-order valence-corrected chi connectivity index (χ3v) is 9.54. The number of benzene rings is 2. The fourth-order valence-electron chi connectivity index (χ4n) is 6.94. The lowest BCUT2D eigenvalue weighted by Gasteiger charge is -2.50. The first kappa shape index (κ1) is 33.0. The number of hydrogen-bond donors (Lipinski definition) is 0. The molecule has 0 saturated carbocycles. The van der Waals surface area contributed by atoms with Gasteiger partial charge >= 0.3 is 12.4 Å². The smallest absolute Gasteiger partial charge is 0.335 e.